The summed E-state index contributed by atoms with van der Waals surface area (Å²) in [6.45, 7) is 11.6. The third-order valence-electron chi connectivity index (χ3n) is 6.49. The average Bonchev–Trinajstić information content (AvgIpc) is 3.10. The number of rotatable bonds is 16. The molecule has 6 N–H and O–H groups in total. The smallest absolute Gasteiger partial charge is 0.351 e. The molecule has 1 saturated heterocycles. The molecule has 1 aromatic heterocycles. The number of nitrogen functional groups attached to an aromatic ring is 1. The maximum atomic E-state index is 14.3. The van der Waals surface area contributed by atoms with Gasteiger partial charge in [-0.2, -0.15) is 4.98 Å². The molecule has 1 aromatic rings. The molecule has 15 nitrogen and oxygen atoms in total. The molecule has 0 bridgehead atoms. The first-order chi connectivity index (χ1) is 19.5. The summed E-state index contributed by atoms with van der Waals surface area (Å²) in [6, 6.07) is -0.821. The number of nitrogens with two attached hydrogens (primary N) is 1. The fourth-order valence-electron chi connectivity index (χ4n) is 4.51. The molecule has 0 spiro atoms. The molecule has 0 aromatic carbocycles. The predicted octanol–water partition coefficient (Wildman–Crippen LogP) is 1.09. The van der Waals surface area contributed by atoms with Crippen molar-refractivity contribution in [3.05, 3.63) is 22.7 Å². The highest BCUT2D eigenvalue weighted by molar-refractivity contribution is 7.54. The number of ether oxygens (including phenoxy) is 3. The standard InChI is InChI=1S/C26H46N5O10P/c1-8-38-22(33)17(12-15(3)4)29-42(37,30-18(13-16(5)6)23(34)39-9-2)40-14-19-21(32)26(7,36)24(41-19)31-11-10-20(27)28-25(31)35/h10-11,15-19,21,24,32,36H,8-9,12-14H2,1-7H3,(H2,27,28,35)(H2,29,30,37)/t17?,18?,19-,21?,24+,26?,42?/m1/s1. The molecule has 1 aliphatic heterocycles. The predicted molar refractivity (Wildman–Crippen MR) is 153 cm³/mol. The summed E-state index contributed by atoms with van der Waals surface area (Å²) >= 11 is 0. The van der Waals surface area contributed by atoms with Crippen molar-refractivity contribution >= 4 is 25.4 Å². The highest BCUT2D eigenvalue weighted by Gasteiger charge is 2.54. The fraction of sp³-hybridized carbons (Fsp3) is 0.769. The van der Waals surface area contributed by atoms with Crippen molar-refractivity contribution in [3.63, 3.8) is 0 Å². The van der Waals surface area contributed by atoms with E-state index < -0.39 is 68.0 Å². The zero-order valence-corrected chi connectivity index (χ0v) is 26.2. The van der Waals surface area contributed by atoms with Crippen molar-refractivity contribution in [3.8, 4) is 0 Å². The molecular formula is C26H46N5O10P. The molecule has 0 radical (unpaired) electrons. The molecule has 2 rings (SSSR count). The van der Waals surface area contributed by atoms with E-state index in [0.29, 0.717) is 0 Å². The van der Waals surface area contributed by atoms with Crippen LogP contribution in [-0.4, -0.2) is 81.4 Å². The van der Waals surface area contributed by atoms with Crippen LogP contribution >= 0.6 is 7.67 Å². The number of hydrogen-bond acceptors (Lipinski definition) is 12. The van der Waals surface area contributed by atoms with Crippen LogP contribution in [0.4, 0.5) is 5.82 Å². The molecule has 42 heavy (non-hydrogen) atoms. The number of aliphatic hydroxyl groups is 2. The highest BCUT2D eigenvalue weighted by atomic mass is 31.2. The summed E-state index contributed by atoms with van der Waals surface area (Å²) in [5.74, 6) is -1.39. The number of aliphatic hydroxyl groups excluding tert-OH is 1. The zero-order chi connectivity index (χ0) is 31.8. The second kappa shape index (κ2) is 15.4. The molecule has 2 heterocycles. The van der Waals surface area contributed by atoms with Crippen LogP contribution in [0.25, 0.3) is 0 Å². The van der Waals surface area contributed by atoms with E-state index in [4.69, 9.17) is 24.5 Å². The summed E-state index contributed by atoms with van der Waals surface area (Å²) in [6.07, 6.45) is -2.55. The number of hydrogen-bond donors (Lipinski definition) is 5. The molecule has 0 saturated carbocycles. The summed E-state index contributed by atoms with van der Waals surface area (Å²) in [4.78, 5) is 41.6. The van der Waals surface area contributed by atoms with Crippen molar-refractivity contribution in [2.45, 2.75) is 97.4 Å². The Hall–Kier alpha value is -2.39. The van der Waals surface area contributed by atoms with Gasteiger partial charge in [-0.25, -0.2) is 15.0 Å². The monoisotopic (exact) mass is 619 g/mol. The molecule has 0 amide bonds. The number of nitrogens with zero attached hydrogens (tertiary/aromatic N) is 2. The van der Waals surface area contributed by atoms with Crippen LogP contribution in [-0.2, 0) is 32.9 Å². The summed E-state index contributed by atoms with van der Waals surface area (Å²) in [7, 11) is -4.30. The maximum absolute atomic E-state index is 14.3. The van der Waals surface area contributed by atoms with E-state index in [9.17, 15) is 29.2 Å². The van der Waals surface area contributed by atoms with Gasteiger partial charge in [-0.05, 0) is 51.5 Å². The van der Waals surface area contributed by atoms with Gasteiger partial charge in [0.25, 0.3) is 0 Å². The Morgan fingerprint density at radius 3 is 2.05 bits per heavy atom. The number of esters is 2. The quantitative estimate of drug-likeness (QED) is 0.129. The second-order valence-corrected chi connectivity index (χ2v) is 13.1. The van der Waals surface area contributed by atoms with Crippen molar-refractivity contribution in [1.29, 1.82) is 0 Å². The summed E-state index contributed by atoms with van der Waals surface area (Å²) in [5, 5.41) is 27.4. The summed E-state index contributed by atoms with van der Waals surface area (Å²) in [5.41, 5.74) is 2.75. The number of anilines is 1. The van der Waals surface area contributed by atoms with Crippen molar-refractivity contribution < 1.29 is 43.1 Å². The van der Waals surface area contributed by atoms with Crippen molar-refractivity contribution in [1.82, 2.24) is 19.7 Å². The Kier molecular flexibility index (Phi) is 13.1. The van der Waals surface area contributed by atoms with Gasteiger partial charge in [0.1, 0.15) is 35.7 Å². The second-order valence-electron chi connectivity index (χ2n) is 11.2. The van der Waals surface area contributed by atoms with Crippen molar-refractivity contribution in [2.24, 2.45) is 11.8 Å². The fourth-order valence-corrected chi connectivity index (χ4v) is 6.34. The minimum Gasteiger partial charge on any atom is -0.465 e. The molecule has 0 aliphatic carbocycles. The van der Waals surface area contributed by atoms with Gasteiger partial charge in [0.05, 0.1) is 19.8 Å². The maximum Gasteiger partial charge on any atom is 0.351 e. The molecule has 16 heteroatoms. The topological polar surface area (TPSA) is 214 Å². The minimum absolute atomic E-state index is 0.0143. The van der Waals surface area contributed by atoms with E-state index >= 15 is 0 Å². The number of nitrogens with one attached hydrogen (secondary N) is 2. The average molecular weight is 620 g/mol. The van der Waals surface area contributed by atoms with Crippen LogP contribution in [0.2, 0.25) is 0 Å². The highest BCUT2D eigenvalue weighted by Crippen LogP contribution is 2.44. The van der Waals surface area contributed by atoms with Crippen LogP contribution < -0.4 is 21.6 Å². The number of carbonyl (C=O) groups is 2. The molecule has 1 fully saturated rings. The lowest BCUT2D eigenvalue weighted by atomic mass is 9.96. The Morgan fingerprint density at radius 2 is 1.62 bits per heavy atom. The first-order valence-electron chi connectivity index (χ1n) is 14.1. The van der Waals surface area contributed by atoms with E-state index in [2.05, 4.69) is 15.2 Å². The normalized spacial score (nSPS) is 25.3. The molecular weight excluding hydrogens is 573 g/mol. The molecule has 4 unspecified atom stereocenters. The van der Waals surface area contributed by atoms with Gasteiger partial charge in [0, 0.05) is 6.20 Å². The van der Waals surface area contributed by atoms with E-state index in [1.807, 2.05) is 27.7 Å². The summed E-state index contributed by atoms with van der Waals surface area (Å²) < 4.78 is 37.2. The van der Waals surface area contributed by atoms with Gasteiger partial charge in [-0.1, -0.05) is 27.7 Å². The lowest BCUT2D eigenvalue weighted by Gasteiger charge is -2.30. The minimum atomic E-state index is -4.30. The first kappa shape index (κ1) is 35.8. The van der Waals surface area contributed by atoms with E-state index in [-0.39, 0.29) is 43.7 Å². The van der Waals surface area contributed by atoms with Gasteiger partial charge in [0.15, 0.2) is 6.23 Å². The van der Waals surface area contributed by atoms with Gasteiger partial charge >= 0.3 is 25.3 Å². The van der Waals surface area contributed by atoms with Gasteiger partial charge in [-0.15, -0.1) is 0 Å². The first-order valence-corrected chi connectivity index (χ1v) is 15.7. The zero-order valence-electron chi connectivity index (χ0n) is 25.3. The van der Waals surface area contributed by atoms with Gasteiger partial charge in [-0.3, -0.25) is 18.7 Å². The van der Waals surface area contributed by atoms with Crippen LogP contribution in [0.1, 0.15) is 67.5 Å². The third kappa shape index (κ3) is 9.56. The van der Waals surface area contributed by atoms with E-state index in [1.54, 1.807) is 13.8 Å². The van der Waals surface area contributed by atoms with Crippen molar-refractivity contribution in [2.75, 3.05) is 25.6 Å². The molecule has 240 valence electrons. The Bertz CT molecular complexity index is 1120. The van der Waals surface area contributed by atoms with E-state index in [1.165, 1.54) is 19.2 Å². The lowest BCUT2D eigenvalue weighted by molar-refractivity contribution is -0.146. The lowest BCUT2D eigenvalue weighted by Crippen LogP contribution is -2.47. The largest absolute Gasteiger partial charge is 0.465 e. The van der Waals surface area contributed by atoms with Crippen LogP contribution in [0.5, 0.6) is 0 Å². The van der Waals surface area contributed by atoms with Gasteiger partial charge < -0.3 is 34.7 Å². The Balaban J connectivity index is 2.40. The molecule has 6 atom stereocenters. The van der Waals surface area contributed by atoms with Crippen LogP contribution in [0, 0.1) is 11.8 Å². The van der Waals surface area contributed by atoms with Crippen LogP contribution in [0.3, 0.4) is 0 Å². The molecule has 1 aliphatic rings. The SMILES string of the molecule is CCOC(=O)C(CC(C)C)NP(=O)(NC(CC(C)C)C(=O)OCC)OC[C@H]1O[C@H](n2ccc(N)nc2=O)C(C)(O)C1O. The van der Waals surface area contributed by atoms with E-state index in [0.717, 1.165) is 4.57 Å². The number of carbonyl (C=O) groups excluding carboxylic acids is 2. The Morgan fingerprint density at radius 1 is 1.12 bits per heavy atom. The number of aromatic nitrogens is 2. The van der Waals surface area contributed by atoms with Gasteiger partial charge in [0.2, 0.25) is 0 Å². The van der Waals surface area contributed by atoms with Crippen LogP contribution in [0.15, 0.2) is 17.1 Å². The third-order valence-corrected chi connectivity index (χ3v) is 8.30. The Labute approximate surface area is 246 Å².